The second kappa shape index (κ2) is 6.62. The van der Waals surface area contributed by atoms with Crippen molar-refractivity contribution in [2.24, 2.45) is 4.99 Å². The lowest BCUT2D eigenvalue weighted by Crippen LogP contribution is -1.85. The summed E-state index contributed by atoms with van der Waals surface area (Å²) in [6.45, 7) is 0. The fourth-order valence-electron chi connectivity index (χ4n) is 2.55. The highest BCUT2D eigenvalue weighted by Gasteiger charge is 2.13. The van der Waals surface area contributed by atoms with Gasteiger partial charge in [0.25, 0.3) is 0 Å². The van der Waals surface area contributed by atoms with Gasteiger partial charge in [0.2, 0.25) is 0 Å². The molecule has 0 saturated heterocycles. The molecule has 0 bridgehead atoms. The van der Waals surface area contributed by atoms with Crippen molar-refractivity contribution in [1.29, 1.82) is 0 Å². The van der Waals surface area contributed by atoms with E-state index in [1.807, 2.05) is 36.7 Å². The molecule has 130 valence electrons. The Morgan fingerprint density at radius 3 is 2.69 bits per heavy atom. The van der Waals surface area contributed by atoms with Crippen molar-refractivity contribution in [1.82, 2.24) is 15.0 Å². The van der Waals surface area contributed by atoms with Crippen LogP contribution >= 0.6 is 31.9 Å². The van der Waals surface area contributed by atoms with Crippen LogP contribution < -0.4 is 0 Å². The molecule has 8 heteroatoms. The number of aromatic nitrogens is 3. The summed E-state index contributed by atoms with van der Waals surface area (Å²) in [6.07, 6.45) is 5.26. The highest BCUT2D eigenvalue weighted by Crippen LogP contribution is 2.40. The smallest absolute Gasteiger partial charge is 0.147 e. The summed E-state index contributed by atoms with van der Waals surface area (Å²) >= 11 is 6.40. The Morgan fingerprint density at radius 2 is 1.92 bits per heavy atom. The maximum atomic E-state index is 10.1. The van der Waals surface area contributed by atoms with E-state index in [1.54, 1.807) is 6.07 Å². The van der Waals surface area contributed by atoms with Gasteiger partial charge in [-0.3, -0.25) is 4.99 Å². The van der Waals surface area contributed by atoms with Gasteiger partial charge >= 0.3 is 0 Å². The van der Waals surface area contributed by atoms with Gasteiger partial charge in [-0.25, -0.2) is 4.98 Å². The predicted octanol–water partition coefficient (Wildman–Crippen LogP) is 5.24. The molecule has 0 saturated carbocycles. The first-order valence-electron chi connectivity index (χ1n) is 7.60. The first-order valence-corrected chi connectivity index (χ1v) is 9.18. The van der Waals surface area contributed by atoms with E-state index >= 15 is 0 Å². The van der Waals surface area contributed by atoms with E-state index in [0.717, 1.165) is 22.4 Å². The van der Waals surface area contributed by atoms with Gasteiger partial charge in [-0.1, -0.05) is 0 Å². The van der Waals surface area contributed by atoms with Crippen LogP contribution in [0.25, 0.3) is 22.4 Å². The molecule has 0 spiro atoms. The van der Waals surface area contributed by atoms with Crippen molar-refractivity contribution in [2.45, 2.75) is 0 Å². The number of aliphatic imine (C=N–C) groups is 1. The van der Waals surface area contributed by atoms with Gasteiger partial charge < -0.3 is 20.2 Å². The average Bonchev–Trinajstić information content (AvgIpc) is 3.30. The topological polar surface area (TPSA) is 97.3 Å². The normalized spacial score (nSPS) is 11.6. The van der Waals surface area contributed by atoms with Crippen LogP contribution in [0.1, 0.15) is 5.56 Å². The Hall–Kier alpha value is -2.58. The monoisotopic (exact) mass is 474 g/mol. The Kier molecular flexibility index (Phi) is 4.29. The molecule has 0 aliphatic carbocycles. The van der Waals surface area contributed by atoms with Crippen LogP contribution in [0.4, 0.5) is 5.69 Å². The van der Waals surface area contributed by atoms with Crippen LogP contribution in [0, 0.1) is 0 Å². The summed E-state index contributed by atoms with van der Waals surface area (Å²) in [5, 5.41) is 19.9. The van der Waals surface area contributed by atoms with Crippen molar-refractivity contribution in [3.05, 3.63) is 57.2 Å². The molecular formula is C18H12Br2N4O2. The number of phenolic OH excluding ortho intramolecular Hbond substituents is 2. The third-order valence-electron chi connectivity index (χ3n) is 3.89. The Labute approximate surface area is 164 Å². The van der Waals surface area contributed by atoms with Crippen LogP contribution in [0.5, 0.6) is 11.5 Å². The van der Waals surface area contributed by atoms with Gasteiger partial charge in [0.1, 0.15) is 21.8 Å². The number of rotatable bonds is 3. The third kappa shape index (κ3) is 3.02. The summed E-state index contributed by atoms with van der Waals surface area (Å²) in [5.74, 6) is 0.647. The SMILES string of the molecule is Oc1c(Br)cc(C=Nc2ccc3nc(-c4cc[nH]c4)[nH]c3c2)c(O)c1Br. The Bertz CT molecular complexity index is 1130. The van der Waals surface area contributed by atoms with Gasteiger partial charge in [-0.15, -0.1) is 0 Å². The first kappa shape index (κ1) is 16.9. The summed E-state index contributed by atoms with van der Waals surface area (Å²) in [4.78, 5) is 15.2. The lowest BCUT2D eigenvalue weighted by molar-refractivity contribution is 0.442. The number of benzene rings is 2. The molecule has 0 amide bonds. The highest BCUT2D eigenvalue weighted by molar-refractivity contribution is 9.11. The van der Waals surface area contributed by atoms with Crippen LogP contribution in [0.15, 0.2) is 56.7 Å². The summed E-state index contributed by atoms with van der Waals surface area (Å²) < 4.78 is 0.678. The minimum Gasteiger partial charge on any atom is -0.506 e. The second-order valence-corrected chi connectivity index (χ2v) is 7.25. The standard InChI is InChI=1S/C18H12Br2N4O2/c19-12-5-10(16(25)15(20)17(12)26)8-22-11-1-2-13-14(6-11)24-18(23-13)9-3-4-21-7-9/h1-8,21,25-26H,(H,23,24). The van der Waals surface area contributed by atoms with Crippen LogP contribution in [-0.4, -0.2) is 31.4 Å². The fourth-order valence-corrected chi connectivity index (χ4v) is 3.70. The molecule has 26 heavy (non-hydrogen) atoms. The summed E-state index contributed by atoms with van der Waals surface area (Å²) in [6, 6.07) is 9.16. The van der Waals surface area contributed by atoms with Crippen LogP contribution in [0.3, 0.4) is 0 Å². The molecule has 2 heterocycles. The van der Waals surface area contributed by atoms with Crippen molar-refractivity contribution in [2.75, 3.05) is 0 Å². The third-order valence-corrected chi connectivity index (χ3v) is 5.24. The summed E-state index contributed by atoms with van der Waals surface area (Å²) in [7, 11) is 0. The quantitative estimate of drug-likeness (QED) is 0.305. The number of phenols is 2. The number of halogens is 2. The molecule has 0 aliphatic heterocycles. The number of fused-ring (bicyclic) bond motifs is 1. The molecular weight excluding hydrogens is 464 g/mol. The van der Waals surface area contributed by atoms with Crippen molar-refractivity contribution >= 4 is 54.8 Å². The van der Waals surface area contributed by atoms with Crippen LogP contribution in [-0.2, 0) is 0 Å². The number of imidazole rings is 1. The highest BCUT2D eigenvalue weighted by atomic mass is 79.9. The number of aromatic amines is 2. The maximum Gasteiger partial charge on any atom is 0.147 e. The van der Waals surface area contributed by atoms with Gasteiger partial charge in [0.05, 0.1) is 21.2 Å². The summed E-state index contributed by atoms with van der Waals surface area (Å²) in [5.41, 5.74) is 3.88. The van der Waals surface area contributed by atoms with Gasteiger partial charge in [-0.05, 0) is 62.2 Å². The van der Waals surface area contributed by atoms with Gasteiger partial charge in [0.15, 0.2) is 0 Å². The van der Waals surface area contributed by atoms with Crippen LogP contribution in [0.2, 0.25) is 0 Å². The lowest BCUT2D eigenvalue weighted by Gasteiger charge is -2.06. The average molecular weight is 476 g/mol. The molecule has 0 aliphatic rings. The van der Waals surface area contributed by atoms with E-state index in [2.05, 4.69) is 51.8 Å². The zero-order valence-corrected chi connectivity index (χ0v) is 16.3. The molecule has 0 radical (unpaired) electrons. The minimum absolute atomic E-state index is 0.0594. The van der Waals surface area contributed by atoms with Crippen molar-refractivity contribution in [3.8, 4) is 22.9 Å². The molecule has 4 rings (SSSR count). The van der Waals surface area contributed by atoms with E-state index in [4.69, 9.17) is 0 Å². The molecule has 0 unspecified atom stereocenters. The number of aromatic hydroxyl groups is 2. The number of hydrogen-bond donors (Lipinski definition) is 4. The number of nitrogens with zero attached hydrogens (tertiary/aromatic N) is 2. The van der Waals surface area contributed by atoms with E-state index in [-0.39, 0.29) is 16.0 Å². The maximum absolute atomic E-state index is 10.1. The zero-order chi connectivity index (χ0) is 18.3. The predicted molar refractivity (Wildman–Crippen MR) is 108 cm³/mol. The zero-order valence-electron chi connectivity index (χ0n) is 13.2. The number of nitrogens with one attached hydrogen (secondary N) is 2. The number of hydrogen-bond acceptors (Lipinski definition) is 4. The van der Waals surface area contributed by atoms with Crippen molar-refractivity contribution in [3.63, 3.8) is 0 Å². The molecule has 0 atom stereocenters. The molecule has 4 N–H and O–H groups in total. The van der Waals surface area contributed by atoms with Gasteiger partial charge in [0, 0.05) is 29.7 Å². The van der Waals surface area contributed by atoms with Gasteiger partial charge in [-0.2, -0.15) is 0 Å². The minimum atomic E-state index is -0.0770. The van der Waals surface area contributed by atoms with E-state index < -0.39 is 0 Å². The molecule has 4 aromatic rings. The molecule has 6 nitrogen and oxygen atoms in total. The second-order valence-electron chi connectivity index (χ2n) is 5.60. The Morgan fingerprint density at radius 1 is 1.08 bits per heavy atom. The Balaban J connectivity index is 1.68. The number of H-pyrrole nitrogens is 2. The molecule has 0 fully saturated rings. The van der Waals surface area contributed by atoms with E-state index in [0.29, 0.717) is 15.7 Å². The largest absolute Gasteiger partial charge is 0.506 e. The fraction of sp³-hybridized carbons (Fsp3) is 0. The van der Waals surface area contributed by atoms with E-state index in [9.17, 15) is 10.2 Å². The van der Waals surface area contributed by atoms with E-state index in [1.165, 1.54) is 6.21 Å². The van der Waals surface area contributed by atoms with Crippen molar-refractivity contribution < 1.29 is 10.2 Å². The lowest BCUT2D eigenvalue weighted by atomic mass is 10.2. The first-order chi connectivity index (χ1) is 12.5. The molecule has 2 aromatic carbocycles. The molecule has 2 aromatic heterocycles.